The number of aryl methyl sites for hydroxylation is 1. The lowest BCUT2D eigenvalue weighted by molar-refractivity contribution is 0.766. The van der Waals surface area contributed by atoms with Crippen LogP contribution < -0.4 is 5.73 Å². The second-order valence-electron chi connectivity index (χ2n) is 2.31. The van der Waals surface area contributed by atoms with E-state index in [0.29, 0.717) is 0 Å². The van der Waals surface area contributed by atoms with E-state index in [1.165, 1.54) is 0 Å². The van der Waals surface area contributed by atoms with Crippen LogP contribution in [-0.2, 0) is 7.05 Å². The normalized spacial score (nSPS) is 11.8. The zero-order chi connectivity index (χ0) is 7.56. The highest BCUT2D eigenvalue weighted by Crippen LogP contribution is 2.09. The molecule has 0 fully saturated rings. The highest BCUT2D eigenvalue weighted by atomic mass is 35.5. The summed E-state index contributed by atoms with van der Waals surface area (Å²) in [5.41, 5.74) is 6.79. The monoisotopic (exact) mass is 172 g/mol. The molecule has 0 spiro atoms. The van der Waals surface area contributed by atoms with Gasteiger partial charge in [-0.15, -0.1) is 19.0 Å². The highest BCUT2D eigenvalue weighted by Gasteiger charge is 2.02. The van der Waals surface area contributed by atoms with E-state index in [2.05, 4.69) is 6.58 Å². The van der Waals surface area contributed by atoms with Crippen molar-refractivity contribution in [3.8, 4) is 0 Å². The molecule has 0 saturated carbocycles. The summed E-state index contributed by atoms with van der Waals surface area (Å²) in [5.74, 6) is 0. The molecule has 0 aliphatic heterocycles. The van der Waals surface area contributed by atoms with Crippen molar-refractivity contribution in [1.82, 2.24) is 4.57 Å². The molecule has 0 bridgehead atoms. The van der Waals surface area contributed by atoms with Crippen molar-refractivity contribution in [2.75, 3.05) is 0 Å². The van der Waals surface area contributed by atoms with E-state index in [1.54, 1.807) is 6.08 Å². The summed E-state index contributed by atoms with van der Waals surface area (Å²) in [6.45, 7) is 3.62. The molecule has 62 valence electrons. The fraction of sp³-hybridized carbons (Fsp3) is 0.250. The van der Waals surface area contributed by atoms with Crippen LogP contribution in [0.4, 0.5) is 0 Å². The molecule has 1 aromatic heterocycles. The lowest BCUT2D eigenvalue weighted by Crippen LogP contribution is -2.10. The Labute approximate surface area is 73.1 Å². The van der Waals surface area contributed by atoms with Crippen LogP contribution in [0.15, 0.2) is 31.0 Å². The Kier molecular flexibility index (Phi) is 3.93. The Bertz CT molecular complexity index is 230. The smallest absolute Gasteiger partial charge is 0.0633 e. The lowest BCUT2D eigenvalue weighted by Gasteiger charge is -2.06. The molecule has 2 N–H and O–H groups in total. The number of hydrogen-bond donors (Lipinski definition) is 1. The molecule has 0 amide bonds. The van der Waals surface area contributed by atoms with Crippen LogP contribution in [0.25, 0.3) is 0 Å². The number of nitrogens with zero attached hydrogens (tertiary/aromatic N) is 1. The third kappa shape index (κ3) is 2.10. The van der Waals surface area contributed by atoms with E-state index < -0.39 is 0 Å². The standard InChI is InChI=1S/C8H12N2.ClH/c1-3-7(9)8-5-4-6-10(8)2;/h3-7H,1,9H2,2H3;1H/t7-;/m0./s1. The fourth-order valence-electron chi connectivity index (χ4n) is 0.941. The average molecular weight is 173 g/mol. The fourth-order valence-corrected chi connectivity index (χ4v) is 0.941. The first-order chi connectivity index (χ1) is 4.75. The first-order valence-electron chi connectivity index (χ1n) is 3.25. The average Bonchev–Trinajstić information content (AvgIpc) is 2.34. The molecule has 1 heterocycles. The van der Waals surface area contributed by atoms with E-state index in [4.69, 9.17) is 5.73 Å². The SMILES string of the molecule is C=C[C@H](N)c1cccn1C.Cl. The van der Waals surface area contributed by atoms with Gasteiger partial charge in [0.15, 0.2) is 0 Å². The van der Waals surface area contributed by atoms with Crippen molar-refractivity contribution in [1.29, 1.82) is 0 Å². The minimum atomic E-state index is -0.0417. The Morgan fingerprint density at radius 1 is 1.73 bits per heavy atom. The van der Waals surface area contributed by atoms with Gasteiger partial charge in [-0.1, -0.05) is 6.08 Å². The molecule has 3 heteroatoms. The van der Waals surface area contributed by atoms with Gasteiger partial charge in [-0.3, -0.25) is 0 Å². The molecule has 1 aromatic rings. The summed E-state index contributed by atoms with van der Waals surface area (Å²) >= 11 is 0. The number of nitrogens with two attached hydrogens (primary N) is 1. The minimum absolute atomic E-state index is 0. The summed E-state index contributed by atoms with van der Waals surface area (Å²) in [7, 11) is 1.97. The molecule has 11 heavy (non-hydrogen) atoms. The molecule has 1 rings (SSSR count). The molecular formula is C8H13ClN2. The van der Waals surface area contributed by atoms with Crippen LogP contribution in [0.3, 0.4) is 0 Å². The van der Waals surface area contributed by atoms with E-state index in [9.17, 15) is 0 Å². The molecule has 0 saturated heterocycles. The van der Waals surface area contributed by atoms with Crippen LogP contribution in [0.2, 0.25) is 0 Å². The highest BCUT2D eigenvalue weighted by molar-refractivity contribution is 5.85. The Hall–Kier alpha value is -0.730. The number of hydrogen-bond acceptors (Lipinski definition) is 1. The van der Waals surface area contributed by atoms with Crippen LogP contribution >= 0.6 is 12.4 Å². The predicted octanol–water partition coefficient (Wildman–Crippen LogP) is 1.63. The van der Waals surface area contributed by atoms with Gasteiger partial charge in [-0.2, -0.15) is 0 Å². The maximum atomic E-state index is 5.70. The molecular weight excluding hydrogens is 160 g/mol. The van der Waals surface area contributed by atoms with Crippen molar-refractivity contribution in [3.63, 3.8) is 0 Å². The van der Waals surface area contributed by atoms with Crippen LogP contribution in [0, 0.1) is 0 Å². The third-order valence-corrected chi connectivity index (χ3v) is 1.58. The van der Waals surface area contributed by atoms with Gasteiger partial charge in [0.1, 0.15) is 0 Å². The van der Waals surface area contributed by atoms with Gasteiger partial charge in [0, 0.05) is 18.9 Å². The van der Waals surface area contributed by atoms with Gasteiger partial charge >= 0.3 is 0 Å². The van der Waals surface area contributed by atoms with Gasteiger partial charge in [0.25, 0.3) is 0 Å². The van der Waals surface area contributed by atoms with E-state index in [0.717, 1.165) is 5.69 Å². The first-order valence-corrected chi connectivity index (χ1v) is 3.25. The number of rotatable bonds is 2. The van der Waals surface area contributed by atoms with E-state index in [1.807, 2.05) is 29.9 Å². The summed E-state index contributed by atoms with van der Waals surface area (Å²) in [6, 6.07) is 3.92. The van der Waals surface area contributed by atoms with Gasteiger partial charge in [-0.05, 0) is 12.1 Å². The van der Waals surface area contributed by atoms with Crippen molar-refractivity contribution < 1.29 is 0 Å². The zero-order valence-corrected chi connectivity index (χ0v) is 7.34. The van der Waals surface area contributed by atoms with Gasteiger partial charge in [0.2, 0.25) is 0 Å². The van der Waals surface area contributed by atoms with Crippen LogP contribution in [0.1, 0.15) is 11.7 Å². The van der Waals surface area contributed by atoms with Gasteiger partial charge in [0.05, 0.1) is 6.04 Å². The zero-order valence-electron chi connectivity index (χ0n) is 6.53. The Balaban J connectivity index is 0.000001000. The number of aromatic nitrogens is 1. The maximum absolute atomic E-state index is 5.70. The molecule has 0 unspecified atom stereocenters. The molecule has 1 atom stereocenters. The Morgan fingerprint density at radius 2 is 2.36 bits per heavy atom. The molecule has 0 aromatic carbocycles. The lowest BCUT2D eigenvalue weighted by atomic mass is 10.2. The Morgan fingerprint density at radius 3 is 2.73 bits per heavy atom. The van der Waals surface area contributed by atoms with Crippen LogP contribution in [-0.4, -0.2) is 4.57 Å². The topological polar surface area (TPSA) is 30.9 Å². The molecule has 2 nitrogen and oxygen atoms in total. The second-order valence-corrected chi connectivity index (χ2v) is 2.31. The number of halogens is 1. The van der Waals surface area contributed by atoms with Crippen molar-refractivity contribution in [3.05, 3.63) is 36.7 Å². The van der Waals surface area contributed by atoms with Crippen molar-refractivity contribution in [2.45, 2.75) is 6.04 Å². The van der Waals surface area contributed by atoms with E-state index in [-0.39, 0.29) is 18.4 Å². The summed E-state index contributed by atoms with van der Waals surface area (Å²) in [5, 5.41) is 0. The van der Waals surface area contributed by atoms with E-state index >= 15 is 0 Å². The summed E-state index contributed by atoms with van der Waals surface area (Å²) in [6.07, 6.45) is 3.70. The van der Waals surface area contributed by atoms with Crippen LogP contribution in [0.5, 0.6) is 0 Å². The van der Waals surface area contributed by atoms with Crippen molar-refractivity contribution >= 4 is 12.4 Å². The third-order valence-electron chi connectivity index (χ3n) is 1.58. The maximum Gasteiger partial charge on any atom is 0.0633 e. The molecule has 0 radical (unpaired) electrons. The second kappa shape index (κ2) is 4.21. The largest absolute Gasteiger partial charge is 0.353 e. The quantitative estimate of drug-likeness (QED) is 0.676. The summed E-state index contributed by atoms with van der Waals surface area (Å²) in [4.78, 5) is 0. The minimum Gasteiger partial charge on any atom is -0.353 e. The first kappa shape index (κ1) is 10.3. The van der Waals surface area contributed by atoms with Crippen molar-refractivity contribution in [2.24, 2.45) is 12.8 Å². The molecule has 0 aliphatic carbocycles. The van der Waals surface area contributed by atoms with Gasteiger partial charge in [-0.25, -0.2) is 0 Å². The predicted molar refractivity (Wildman–Crippen MR) is 49.8 cm³/mol. The summed E-state index contributed by atoms with van der Waals surface area (Å²) < 4.78 is 1.99. The van der Waals surface area contributed by atoms with Gasteiger partial charge < -0.3 is 10.3 Å². The molecule has 0 aliphatic rings.